The summed E-state index contributed by atoms with van der Waals surface area (Å²) in [5.74, 6) is -0.237. The second-order valence-corrected chi connectivity index (χ2v) is 4.87. The number of hydrogen-bond donors (Lipinski definition) is 4. The van der Waals surface area contributed by atoms with Crippen molar-refractivity contribution in [3.8, 4) is 0 Å². The van der Waals surface area contributed by atoms with E-state index in [0.29, 0.717) is 17.8 Å². The van der Waals surface area contributed by atoms with E-state index in [2.05, 4.69) is 0 Å². The van der Waals surface area contributed by atoms with Gasteiger partial charge in [-0.1, -0.05) is 21.6 Å². The number of carbonyl (C=O) groups excluding carboxylic acids is 1. The maximum Gasteiger partial charge on any atom is 0.321 e. The van der Waals surface area contributed by atoms with Crippen LogP contribution in [0.5, 0.6) is 0 Å². The molecule has 0 aromatic heterocycles. The van der Waals surface area contributed by atoms with Crippen LogP contribution in [-0.2, 0) is 9.59 Å². The van der Waals surface area contributed by atoms with Crippen molar-refractivity contribution in [2.24, 2.45) is 11.5 Å². The zero-order valence-corrected chi connectivity index (χ0v) is 9.96. The van der Waals surface area contributed by atoms with E-state index >= 15 is 0 Å². The van der Waals surface area contributed by atoms with Crippen molar-refractivity contribution in [2.75, 3.05) is 18.6 Å². The fraction of sp³-hybridized carbons (Fsp3) is 0.714. The molecule has 90 valence electrons. The number of carboxylic acid groups (broad SMARTS) is 1. The molecule has 6 nitrogen and oxygen atoms in total. The minimum Gasteiger partial charge on any atom is -0.480 e. The van der Waals surface area contributed by atoms with Gasteiger partial charge in [0.05, 0.1) is 6.04 Å². The second kappa shape index (κ2) is 11.8. The molecule has 2 unspecified atom stereocenters. The summed E-state index contributed by atoms with van der Waals surface area (Å²) in [5, 5.41) is 15.4. The molecule has 6 N–H and O–H groups in total. The number of aliphatic hydroxyl groups excluding tert-OH is 1. The molecule has 0 aromatic carbocycles. The summed E-state index contributed by atoms with van der Waals surface area (Å²) in [4.78, 5) is 20.3. The average molecular weight is 256 g/mol. The van der Waals surface area contributed by atoms with Crippen LogP contribution in [0.2, 0.25) is 0 Å². The molecule has 0 bridgehead atoms. The summed E-state index contributed by atoms with van der Waals surface area (Å²) in [7, 11) is 3.65. The lowest BCUT2D eigenvalue weighted by atomic mass is 10.4. The largest absolute Gasteiger partial charge is 0.480 e. The van der Waals surface area contributed by atoms with Crippen LogP contribution in [0, 0.1) is 0 Å². The highest BCUT2D eigenvalue weighted by Gasteiger charge is 2.11. The summed E-state index contributed by atoms with van der Waals surface area (Å²) in [6.07, 6.45) is 0.657. The minimum absolute atomic E-state index is 0.311. The van der Waals surface area contributed by atoms with Gasteiger partial charge in [-0.25, -0.2) is 0 Å². The normalized spacial score (nSPS) is 13.3. The Kier molecular flexibility index (Phi) is 13.5. The highest BCUT2D eigenvalue weighted by Crippen LogP contribution is 2.21. The van der Waals surface area contributed by atoms with E-state index in [0.717, 1.165) is 7.11 Å². The lowest BCUT2D eigenvalue weighted by Crippen LogP contribution is -2.32. The van der Waals surface area contributed by atoms with Crippen LogP contribution in [0.4, 0.5) is 0 Å². The molecule has 0 saturated carbocycles. The number of aliphatic hydroxyl groups is 1. The number of aldehydes is 1. The smallest absolute Gasteiger partial charge is 0.321 e. The Morgan fingerprint density at radius 3 is 2.20 bits per heavy atom. The third-order valence-electron chi connectivity index (χ3n) is 1.08. The van der Waals surface area contributed by atoms with Gasteiger partial charge in [0.15, 0.2) is 0 Å². The van der Waals surface area contributed by atoms with Gasteiger partial charge in [-0.15, -0.1) is 0 Å². The van der Waals surface area contributed by atoms with Gasteiger partial charge in [0.25, 0.3) is 0 Å². The van der Waals surface area contributed by atoms with Crippen molar-refractivity contribution in [1.82, 2.24) is 0 Å². The van der Waals surface area contributed by atoms with Crippen LogP contribution < -0.4 is 11.5 Å². The van der Waals surface area contributed by atoms with E-state index in [-0.39, 0.29) is 0 Å². The molecule has 8 heteroatoms. The van der Waals surface area contributed by atoms with Crippen LogP contribution in [0.25, 0.3) is 0 Å². The summed E-state index contributed by atoms with van der Waals surface area (Å²) < 4.78 is 0. The van der Waals surface area contributed by atoms with E-state index in [1.165, 1.54) is 21.6 Å². The fourth-order valence-corrected chi connectivity index (χ4v) is 2.56. The number of rotatable bonds is 7. The van der Waals surface area contributed by atoms with Crippen LogP contribution >= 0.6 is 21.6 Å². The first-order valence-electron chi connectivity index (χ1n) is 3.96. The molecule has 2 atom stereocenters. The molecule has 0 fully saturated rings. The standard InChI is InChI=1S/C6H12N2O3S2.CH4O/c7-4(1-9)2-12-13-3-5(8)6(10)11;1-2/h1,4-5H,2-3,7-8H2,(H,10,11);2H,1H3. The van der Waals surface area contributed by atoms with Crippen molar-refractivity contribution >= 4 is 33.8 Å². The first-order valence-corrected chi connectivity index (χ1v) is 6.45. The lowest BCUT2D eigenvalue weighted by molar-refractivity contribution is -0.137. The molecule has 0 heterocycles. The summed E-state index contributed by atoms with van der Waals surface area (Å²) in [6, 6.07) is -1.34. The second-order valence-electron chi connectivity index (χ2n) is 2.31. The third kappa shape index (κ3) is 11.6. The van der Waals surface area contributed by atoms with Crippen LogP contribution in [0.3, 0.4) is 0 Å². The maximum atomic E-state index is 10.3. The van der Waals surface area contributed by atoms with Gasteiger partial charge in [0.2, 0.25) is 0 Å². The Morgan fingerprint density at radius 1 is 1.33 bits per heavy atom. The van der Waals surface area contributed by atoms with Crippen LogP contribution in [0.15, 0.2) is 0 Å². The molecule has 0 radical (unpaired) electrons. The predicted octanol–water partition coefficient (Wildman–Crippen LogP) is -1.09. The van der Waals surface area contributed by atoms with Gasteiger partial charge in [0.1, 0.15) is 12.3 Å². The molecule has 15 heavy (non-hydrogen) atoms. The van der Waals surface area contributed by atoms with Crippen molar-refractivity contribution in [3.05, 3.63) is 0 Å². The summed E-state index contributed by atoms with van der Waals surface area (Å²) >= 11 is 0. The Labute approximate surface area is 96.2 Å². The maximum absolute atomic E-state index is 10.3. The topological polar surface area (TPSA) is 127 Å². The van der Waals surface area contributed by atoms with Gasteiger partial charge in [-0.2, -0.15) is 0 Å². The monoisotopic (exact) mass is 256 g/mol. The van der Waals surface area contributed by atoms with E-state index in [1.54, 1.807) is 0 Å². The van der Waals surface area contributed by atoms with Gasteiger partial charge in [-0.05, 0) is 0 Å². The summed E-state index contributed by atoms with van der Waals surface area (Å²) in [5.41, 5.74) is 10.5. The van der Waals surface area contributed by atoms with Gasteiger partial charge in [0, 0.05) is 18.6 Å². The lowest BCUT2D eigenvalue weighted by Gasteiger charge is -2.05. The van der Waals surface area contributed by atoms with Crippen molar-refractivity contribution in [3.63, 3.8) is 0 Å². The molecular weight excluding hydrogens is 240 g/mol. The van der Waals surface area contributed by atoms with E-state index in [9.17, 15) is 9.59 Å². The first kappa shape index (κ1) is 17.1. The van der Waals surface area contributed by atoms with Crippen LogP contribution in [-0.4, -0.2) is 53.2 Å². The highest BCUT2D eigenvalue weighted by atomic mass is 33.1. The van der Waals surface area contributed by atoms with Gasteiger partial charge < -0.3 is 26.5 Å². The summed E-state index contributed by atoms with van der Waals surface area (Å²) in [6.45, 7) is 0. The van der Waals surface area contributed by atoms with Crippen molar-refractivity contribution in [2.45, 2.75) is 12.1 Å². The Hall–Kier alpha value is -0.280. The predicted molar refractivity (Wildman–Crippen MR) is 62.7 cm³/mol. The highest BCUT2D eigenvalue weighted by molar-refractivity contribution is 8.76. The van der Waals surface area contributed by atoms with Crippen molar-refractivity contribution in [1.29, 1.82) is 0 Å². The number of carboxylic acids is 1. The van der Waals surface area contributed by atoms with E-state index in [1.807, 2.05) is 0 Å². The first-order chi connectivity index (χ1) is 7.07. The SMILES string of the molecule is CO.NC(C=O)CSSCC(N)C(=O)O. The van der Waals surface area contributed by atoms with E-state index < -0.39 is 18.1 Å². The third-order valence-corrected chi connectivity index (χ3v) is 3.58. The fourth-order valence-electron chi connectivity index (χ4n) is 0.359. The number of hydrogen-bond acceptors (Lipinski definition) is 7. The minimum atomic E-state index is -1.02. The number of aliphatic carboxylic acids is 1. The van der Waals surface area contributed by atoms with Gasteiger partial charge in [-0.3, -0.25) is 4.79 Å². The molecule has 0 spiro atoms. The number of nitrogens with two attached hydrogens (primary N) is 2. The Morgan fingerprint density at radius 2 is 1.80 bits per heavy atom. The Balaban J connectivity index is 0. The molecule has 0 rings (SSSR count). The quantitative estimate of drug-likeness (QED) is 0.257. The molecule has 0 amide bonds. The molecule has 0 aliphatic heterocycles. The molecule has 0 aromatic rings. The molecule has 0 aliphatic rings. The van der Waals surface area contributed by atoms with Crippen molar-refractivity contribution < 1.29 is 19.8 Å². The molecule has 0 saturated heterocycles. The Bertz CT molecular complexity index is 182. The molecule has 0 aliphatic carbocycles. The molecular formula is C7H16N2O4S2. The zero-order chi connectivity index (χ0) is 12.3. The number of carbonyl (C=O) groups is 2. The zero-order valence-electron chi connectivity index (χ0n) is 8.33. The van der Waals surface area contributed by atoms with Crippen LogP contribution in [0.1, 0.15) is 0 Å². The van der Waals surface area contributed by atoms with E-state index in [4.69, 9.17) is 21.7 Å². The average Bonchev–Trinajstić information content (AvgIpc) is 2.26. The van der Waals surface area contributed by atoms with Gasteiger partial charge >= 0.3 is 5.97 Å².